The fourth-order valence-corrected chi connectivity index (χ4v) is 2.97. The number of benzene rings is 1. The quantitative estimate of drug-likeness (QED) is 0.659. The number of nitrogens with zero attached hydrogens (tertiary/aromatic N) is 1. The lowest BCUT2D eigenvalue weighted by Gasteiger charge is -2.09. The van der Waals surface area contributed by atoms with Gasteiger partial charge in [-0.15, -0.1) is 11.3 Å². The van der Waals surface area contributed by atoms with E-state index >= 15 is 0 Å². The second kappa shape index (κ2) is 8.44. The highest BCUT2D eigenvalue weighted by atomic mass is 35.5. The zero-order valence-corrected chi connectivity index (χ0v) is 14.8. The van der Waals surface area contributed by atoms with E-state index < -0.39 is 37.0 Å². The molecule has 0 saturated carbocycles. The van der Waals surface area contributed by atoms with Gasteiger partial charge in [0.25, 0.3) is 5.91 Å². The first kappa shape index (κ1) is 21.5. The Morgan fingerprint density at radius 1 is 1.22 bits per heavy atom. The third kappa shape index (κ3) is 7.00. The minimum atomic E-state index is -4.54. The zero-order chi connectivity index (χ0) is 20.2. The number of hydrogen-bond donors (Lipinski definition) is 1. The Hall–Kier alpha value is -1.85. The average molecular weight is 433 g/mol. The number of aromatic nitrogens is 1. The van der Waals surface area contributed by atoms with Crippen molar-refractivity contribution in [1.82, 2.24) is 4.98 Å². The van der Waals surface area contributed by atoms with Crippen molar-refractivity contribution in [3.8, 4) is 0 Å². The van der Waals surface area contributed by atoms with E-state index in [9.17, 15) is 31.1 Å². The maximum absolute atomic E-state index is 12.8. The monoisotopic (exact) mass is 432 g/mol. The van der Waals surface area contributed by atoms with Gasteiger partial charge in [0.15, 0.2) is 5.13 Å². The molecule has 4 nitrogen and oxygen atoms in total. The predicted octanol–water partition coefficient (Wildman–Crippen LogP) is 4.92. The molecule has 1 N–H and O–H groups in total. The smallest absolute Gasteiger partial charge is 0.362 e. The fraction of sp³-hybridized carbons (Fsp3) is 0.333. The number of carbonyl (C=O) groups excluding carboxylic acids is 1. The summed E-state index contributed by atoms with van der Waals surface area (Å²) in [5.74, 6) is -0.836. The van der Waals surface area contributed by atoms with Crippen molar-refractivity contribution < 1.29 is 35.9 Å². The van der Waals surface area contributed by atoms with Crippen molar-refractivity contribution in [2.75, 3.05) is 18.5 Å². The predicted molar refractivity (Wildman–Crippen MR) is 86.9 cm³/mol. The van der Waals surface area contributed by atoms with Crippen LogP contribution in [-0.2, 0) is 22.1 Å². The van der Waals surface area contributed by atoms with E-state index in [4.69, 9.17) is 11.6 Å². The Balaban J connectivity index is 1.97. The van der Waals surface area contributed by atoms with E-state index in [0.29, 0.717) is 4.88 Å². The Morgan fingerprint density at radius 3 is 2.56 bits per heavy atom. The normalized spacial score (nSPS) is 12.3. The zero-order valence-electron chi connectivity index (χ0n) is 13.2. The lowest BCUT2D eigenvalue weighted by molar-refractivity contribution is -0.174. The molecular weight excluding hydrogens is 422 g/mol. The summed E-state index contributed by atoms with van der Waals surface area (Å²) in [5.41, 5.74) is -0.622. The van der Waals surface area contributed by atoms with Crippen molar-refractivity contribution in [3.63, 3.8) is 0 Å². The first-order valence-electron chi connectivity index (χ1n) is 7.19. The number of amides is 1. The summed E-state index contributed by atoms with van der Waals surface area (Å²) in [6, 6.07) is 2.93. The third-order valence-electron chi connectivity index (χ3n) is 3.04. The third-order valence-corrected chi connectivity index (χ3v) is 4.32. The summed E-state index contributed by atoms with van der Waals surface area (Å²) >= 11 is 6.88. The molecule has 0 aliphatic heterocycles. The molecule has 1 heterocycles. The van der Waals surface area contributed by atoms with Gasteiger partial charge in [-0.3, -0.25) is 10.1 Å². The van der Waals surface area contributed by atoms with Crippen LogP contribution in [0.2, 0.25) is 5.02 Å². The van der Waals surface area contributed by atoms with E-state index in [-0.39, 0.29) is 22.1 Å². The van der Waals surface area contributed by atoms with Gasteiger partial charge in [0.05, 0.1) is 5.56 Å². The Morgan fingerprint density at radius 2 is 1.93 bits per heavy atom. The molecule has 0 aliphatic carbocycles. The highest BCUT2D eigenvalue weighted by Gasteiger charge is 2.31. The largest absolute Gasteiger partial charge is 0.416 e. The van der Waals surface area contributed by atoms with Crippen molar-refractivity contribution in [1.29, 1.82) is 0 Å². The van der Waals surface area contributed by atoms with Crippen LogP contribution in [0.3, 0.4) is 0 Å². The van der Waals surface area contributed by atoms with Gasteiger partial charge in [0.2, 0.25) is 0 Å². The van der Waals surface area contributed by atoms with Crippen LogP contribution in [0.15, 0.2) is 24.4 Å². The molecule has 0 aliphatic rings. The molecule has 0 fully saturated rings. The summed E-state index contributed by atoms with van der Waals surface area (Å²) < 4.78 is 78.3. The highest BCUT2D eigenvalue weighted by Crippen LogP contribution is 2.33. The number of alkyl halides is 6. The topological polar surface area (TPSA) is 51.2 Å². The fourth-order valence-electron chi connectivity index (χ4n) is 1.94. The Labute approximate surface area is 158 Å². The molecule has 0 spiro atoms. The van der Waals surface area contributed by atoms with Crippen LogP contribution in [0.25, 0.3) is 0 Å². The summed E-state index contributed by atoms with van der Waals surface area (Å²) in [5, 5.41) is 2.47. The molecular formula is C15H11ClF6N2O2S. The molecule has 1 amide bonds. The highest BCUT2D eigenvalue weighted by molar-refractivity contribution is 7.15. The molecule has 1 aromatic carbocycles. The van der Waals surface area contributed by atoms with Crippen LogP contribution in [0.4, 0.5) is 31.5 Å². The molecule has 0 unspecified atom stereocenters. The van der Waals surface area contributed by atoms with Crippen LogP contribution in [0.5, 0.6) is 0 Å². The second-order valence-corrected chi connectivity index (χ2v) is 6.79. The molecule has 0 bridgehead atoms. The molecule has 0 radical (unpaired) electrons. The van der Waals surface area contributed by atoms with Crippen LogP contribution in [-0.4, -0.2) is 30.3 Å². The van der Waals surface area contributed by atoms with Crippen LogP contribution >= 0.6 is 22.9 Å². The summed E-state index contributed by atoms with van der Waals surface area (Å²) in [4.78, 5) is 15.8. The van der Waals surface area contributed by atoms with Crippen molar-refractivity contribution >= 4 is 34.0 Å². The molecule has 0 saturated heterocycles. The van der Waals surface area contributed by atoms with Gasteiger partial charge in [-0.25, -0.2) is 4.98 Å². The van der Waals surface area contributed by atoms with E-state index in [0.717, 1.165) is 29.5 Å². The molecule has 1 aromatic heterocycles. The number of hydrogen-bond acceptors (Lipinski definition) is 4. The standard InChI is InChI=1S/C15H11ClF6N2O2S/c16-11-2-1-9(15(20,21)22)3-8(11)4-10-5-23-13(27-10)24-12(25)6-26-7-14(17,18)19/h1-3,5H,4,6-7H2,(H,23,24,25). The number of nitrogens with one attached hydrogen (secondary N) is 1. The van der Waals surface area contributed by atoms with Gasteiger partial charge in [0.1, 0.15) is 13.2 Å². The first-order chi connectivity index (χ1) is 12.4. The summed E-state index contributed by atoms with van der Waals surface area (Å²) in [6.07, 6.45) is -7.68. The number of ether oxygens (including phenoxy) is 1. The van der Waals surface area contributed by atoms with Crippen LogP contribution < -0.4 is 5.32 Å². The molecule has 0 atom stereocenters. The maximum atomic E-state index is 12.8. The van der Waals surface area contributed by atoms with Crippen LogP contribution in [0.1, 0.15) is 16.0 Å². The van der Waals surface area contributed by atoms with E-state index in [2.05, 4.69) is 15.0 Å². The average Bonchev–Trinajstić information content (AvgIpc) is 2.94. The SMILES string of the molecule is O=C(COCC(F)(F)F)Nc1ncc(Cc2cc(C(F)(F)F)ccc2Cl)s1. The van der Waals surface area contributed by atoms with Gasteiger partial charge in [-0.05, 0) is 23.8 Å². The van der Waals surface area contributed by atoms with Gasteiger partial charge in [-0.1, -0.05) is 11.6 Å². The summed E-state index contributed by atoms with van der Waals surface area (Å²) in [7, 11) is 0. The molecule has 2 aromatic rings. The maximum Gasteiger partial charge on any atom is 0.416 e. The minimum Gasteiger partial charge on any atom is -0.362 e. The minimum absolute atomic E-state index is 0.0425. The number of halogens is 7. The van der Waals surface area contributed by atoms with Gasteiger partial charge >= 0.3 is 12.4 Å². The van der Waals surface area contributed by atoms with E-state index in [1.165, 1.54) is 6.20 Å². The Kier molecular flexibility index (Phi) is 6.71. The Bertz CT molecular complexity index is 806. The van der Waals surface area contributed by atoms with Gasteiger partial charge in [0, 0.05) is 22.5 Å². The molecule has 2 rings (SSSR count). The number of anilines is 1. The number of carbonyl (C=O) groups is 1. The first-order valence-corrected chi connectivity index (χ1v) is 8.38. The van der Waals surface area contributed by atoms with Crippen LogP contribution in [0, 0.1) is 0 Å². The lowest BCUT2D eigenvalue weighted by Crippen LogP contribution is -2.23. The van der Waals surface area contributed by atoms with Gasteiger partial charge in [-0.2, -0.15) is 26.3 Å². The van der Waals surface area contributed by atoms with E-state index in [1.807, 2.05) is 0 Å². The second-order valence-electron chi connectivity index (χ2n) is 5.27. The number of thiazole rings is 1. The van der Waals surface area contributed by atoms with Crippen molar-refractivity contribution in [2.45, 2.75) is 18.8 Å². The molecule has 12 heteroatoms. The van der Waals surface area contributed by atoms with Gasteiger partial charge < -0.3 is 4.74 Å². The molecule has 148 valence electrons. The van der Waals surface area contributed by atoms with E-state index in [1.54, 1.807) is 0 Å². The molecule has 27 heavy (non-hydrogen) atoms. The van der Waals surface area contributed by atoms with Crippen molar-refractivity contribution in [2.24, 2.45) is 0 Å². The number of rotatable bonds is 6. The lowest BCUT2D eigenvalue weighted by atomic mass is 10.1. The van der Waals surface area contributed by atoms with Crippen molar-refractivity contribution in [3.05, 3.63) is 45.4 Å². The summed E-state index contributed by atoms with van der Waals surface area (Å²) in [6.45, 7) is -2.37.